The van der Waals surface area contributed by atoms with Gasteiger partial charge in [-0.1, -0.05) is 13.3 Å². The molecule has 0 atom stereocenters. The van der Waals surface area contributed by atoms with Gasteiger partial charge in [0.05, 0.1) is 19.4 Å². The summed E-state index contributed by atoms with van der Waals surface area (Å²) >= 11 is 0. The summed E-state index contributed by atoms with van der Waals surface area (Å²) in [6.07, 6.45) is 3.35. The molecule has 2 N–H and O–H groups in total. The van der Waals surface area contributed by atoms with Crippen molar-refractivity contribution >= 4 is 12.2 Å². The van der Waals surface area contributed by atoms with Crippen molar-refractivity contribution in [1.29, 1.82) is 0 Å². The van der Waals surface area contributed by atoms with E-state index in [0.29, 0.717) is 17.4 Å². The molecular formula is C18H24N4O3. The SMILES string of the molecule is CCCc1cc(=O)[nH]c(N/N=C\c2ccc(OC(C)C)c(OC)c2)n1. The second kappa shape index (κ2) is 8.86. The lowest BCUT2D eigenvalue weighted by Gasteiger charge is -2.13. The highest BCUT2D eigenvalue weighted by atomic mass is 16.5. The van der Waals surface area contributed by atoms with Crippen molar-refractivity contribution in [1.82, 2.24) is 9.97 Å². The Balaban J connectivity index is 2.10. The summed E-state index contributed by atoms with van der Waals surface area (Å²) in [7, 11) is 1.59. The lowest BCUT2D eigenvalue weighted by Crippen LogP contribution is -2.12. The van der Waals surface area contributed by atoms with Crippen LogP contribution in [-0.4, -0.2) is 29.4 Å². The minimum Gasteiger partial charge on any atom is -0.493 e. The van der Waals surface area contributed by atoms with Crippen LogP contribution in [0.4, 0.5) is 5.95 Å². The van der Waals surface area contributed by atoms with Gasteiger partial charge in [-0.3, -0.25) is 9.78 Å². The van der Waals surface area contributed by atoms with Crippen molar-refractivity contribution in [2.45, 2.75) is 39.7 Å². The minimum atomic E-state index is -0.201. The molecule has 25 heavy (non-hydrogen) atoms. The second-order valence-electron chi connectivity index (χ2n) is 5.78. The largest absolute Gasteiger partial charge is 0.493 e. The number of aryl methyl sites for hydroxylation is 1. The van der Waals surface area contributed by atoms with Crippen molar-refractivity contribution in [2.24, 2.45) is 5.10 Å². The molecular weight excluding hydrogens is 320 g/mol. The standard InChI is InChI=1S/C18H24N4O3/c1-5-6-14-10-17(23)21-18(20-14)22-19-11-13-7-8-15(25-12(2)3)16(9-13)24-4/h7-12H,5-6H2,1-4H3,(H2,20,21,22,23)/b19-11-. The molecule has 0 amide bonds. The highest BCUT2D eigenvalue weighted by Crippen LogP contribution is 2.28. The molecule has 0 saturated carbocycles. The Kier molecular flexibility index (Phi) is 6.56. The molecule has 0 fully saturated rings. The Morgan fingerprint density at radius 3 is 2.80 bits per heavy atom. The van der Waals surface area contributed by atoms with E-state index in [9.17, 15) is 4.79 Å². The molecule has 0 radical (unpaired) electrons. The Hall–Kier alpha value is -2.83. The predicted octanol–water partition coefficient (Wildman–Crippen LogP) is 2.96. The zero-order chi connectivity index (χ0) is 18.2. The van der Waals surface area contributed by atoms with Crippen LogP contribution in [0.25, 0.3) is 0 Å². The van der Waals surface area contributed by atoms with E-state index in [2.05, 4.69) is 20.5 Å². The van der Waals surface area contributed by atoms with Gasteiger partial charge in [-0.15, -0.1) is 0 Å². The number of hydrazone groups is 1. The van der Waals surface area contributed by atoms with Crippen LogP contribution in [0.1, 0.15) is 38.4 Å². The number of aromatic amines is 1. The van der Waals surface area contributed by atoms with Crippen molar-refractivity contribution in [3.63, 3.8) is 0 Å². The van der Waals surface area contributed by atoms with Gasteiger partial charge in [0.1, 0.15) is 0 Å². The average Bonchev–Trinajstić information content (AvgIpc) is 2.55. The smallest absolute Gasteiger partial charge is 0.252 e. The maximum Gasteiger partial charge on any atom is 0.252 e. The van der Waals surface area contributed by atoms with E-state index in [1.54, 1.807) is 13.3 Å². The summed E-state index contributed by atoms with van der Waals surface area (Å²) in [5.74, 6) is 1.63. The van der Waals surface area contributed by atoms with Crippen LogP contribution in [0.2, 0.25) is 0 Å². The number of benzene rings is 1. The van der Waals surface area contributed by atoms with E-state index in [1.807, 2.05) is 39.0 Å². The number of methoxy groups -OCH3 is 1. The van der Waals surface area contributed by atoms with Crippen LogP contribution in [0.15, 0.2) is 34.2 Å². The van der Waals surface area contributed by atoms with Crippen LogP contribution in [0.3, 0.4) is 0 Å². The average molecular weight is 344 g/mol. The number of hydrogen-bond donors (Lipinski definition) is 2. The molecule has 0 aliphatic heterocycles. The minimum absolute atomic E-state index is 0.0633. The Morgan fingerprint density at radius 1 is 1.32 bits per heavy atom. The Bertz CT molecular complexity index is 784. The maximum atomic E-state index is 11.6. The monoisotopic (exact) mass is 344 g/mol. The molecule has 0 aliphatic carbocycles. The van der Waals surface area contributed by atoms with Gasteiger partial charge in [0.25, 0.3) is 5.56 Å². The van der Waals surface area contributed by atoms with E-state index in [-0.39, 0.29) is 11.7 Å². The van der Waals surface area contributed by atoms with Crippen LogP contribution in [0.5, 0.6) is 11.5 Å². The summed E-state index contributed by atoms with van der Waals surface area (Å²) in [6.45, 7) is 5.95. The first-order chi connectivity index (χ1) is 12.0. The number of anilines is 1. The fourth-order valence-electron chi connectivity index (χ4n) is 2.23. The van der Waals surface area contributed by atoms with Crippen molar-refractivity contribution < 1.29 is 9.47 Å². The molecule has 1 heterocycles. The van der Waals surface area contributed by atoms with Gasteiger partial charge in [0.15, 0.2) is 11.5 Å². The second-order valence-corrected chi connectivity index (χ2v) is 5.78. The highest BCUT2D eigenvalue weighted by Gasteiger charge is 2.06. The van der Waals surface area contributed by atoms with Crippen LogP contribution in [0, 0.1) is 0 Å². The molecule has 134 valence electrons. The maximum absolute atomic E-state index is 11.6. The third-order valence-corrected chi connectivity index (χ3v) is 3.24. The zero-order valence-corrected chi connectivity index (χ0v) is 15.0. The first-order valence-corrected chi connectivity index (χ1v) is 8.25. The molecule has 0 saturated heterocycles. The number of ether oxygens (including phenoxy) is 2. The number of rotatable bonds is 8. The number of hydrogen-bond acceptors (Lipinski definition) is 6. The number of aromatic nitrogens is 2. The van der Waals surface area contributed by atoms with Gasteiger partial charge in [0.2, 0.25) is 5.95 Å². The molecule has 0 unspecified atom stereocenters. The van der Waals surface area contributed by atoms with Gasteiger partial charge in [-0.05, 0) is 44.0 Å². The molecule has 7 heteroatoms. The fourth-order valence-corrected chi connectivity index (χ4v) is 2.23. The van der Waals surface area contributed by atoms with Crippen LogP contribution in [-0.2, 0) is 6.42 Å². The molecule has 7 nitrogen and oxygen atoms in total. The third-order valence-electron chi connectivity index (χ3n) is 3.24. The first kappa shape index (κ1) is 18.5. The van der Waals surface area contributed by atoms with Gasteiger partial charge >= 0.3 is 0 Å². The summed E-state index contributed by atoms with van der Waals surface area (Å²) in [4.78, 5) is 18.5. The van der Waals surface area contributed by atoms with Gasteiger partial charge < -0.3 is 9.47 Å². The lowest BCUT2D eigenvalue weighted by atomic mass is 10.2. The number of H-pyrrole nitrogens is 1. The van der Waals surface area contributed by atoms with E-state index in [0.717, 1.165) is 24.1 Å². The quantitative estimate of drug-likeness (QED) is 0.568. The summed E-state index contributed by atoms with van der Waals surface area (Å²) in [5.41, 5.74) is 4.11. The zero-order valence-electron chi connectivity index (χ0n) is 15.0. The molecule has 2 rings (SSSR count). The third kappa shape index (κ3) is 5.63. The van der Waals surface area contributed by atoms with Crippen molar-refractivity contribution in [3.8, 4) is 11.5 Å². The topological polar surface area (TPSA) is 88.6 Å². The fraction of sp³-hybridized carbons (Fsp3) is 0.389. The summed E-state index contributed by atoms with van der Waals surface area (Å²) in [6, 6.07) is 7.03. The van der Waals surface area contributed by atoms with E-state index >= 15 is 0 Å². The Morgan fingerprint density at radius 2 is 2.12 bits per heavy atom. The predicted molar refractivity (Wildman–Crippen MR) is 98.8 cm³/mol. The lowest BCUT2D eigenvalue weighted by molar-refractivity contribution is 0.230. The molecule has 0 spiro atoms. The Labute approximate surface area is 147 Å². The van der Waals surface area contributed by atoms with E-state index < -0.39 is 0 Å². The molecule has 2 aromatic rings. The number of nitrogens with zero attached hydrogens (tertiary/aromatic N) is 2. The van der Waals surface area contributed by atoms with E-state index in [1.165, 1.54) is 6.07 Å². The first-order valence-electron chi connectivity index (χ1n) is 8.25. The highest BCUT2D eigenvalue weighted by molar-refractivity contribution is 5.81. The molecule has 1 aromatic heterocycles. The van der Waals surface area contributed by atoms with Gasteiger partial charge in [-0.2, -0.15) is 5.10 Å². The molecule has 0 aliphatic rings. The normalized spacial score (nSPS) is 11.1. The molecule has 1 aromatic carbocycles. The van der Waals surface area contributed by atoms with E-state index in [4.69, 9.17) is 9.47 Å². The van der Waals surface area contributed by atoms with Crippen LogP contribution < -0.4 is 20.5 Å². The van der Waals surface area contributed by atoms with Crippen LogP contribution >= 0.6 is 0 Å². The van der Waals surface area contributed by atoms with Gasteiger partial charge in [-0.25, -0.2) is 10.4 Å². The number of nitrogens with one attached hydrogen (secondary N) is 2. The molecule has 0 bridgehead atoms. The van der Waals surface area contributed by atoms with Gasteiger partial charge in [0, 0.05) is 11.8 Å². The summed E-state index contributed by atoms with van der Waals surface area (Å²) in [5, 5.41) is 4.12. The van der Waals surface area contributed by atoms with Crippen molar-refractivity contribution in [3.05, 3.63) is 45.9 Å². The summed E-state index contributed by atoms with van der Waals surface area (Å²) < 4.78 is 11.0. The van der Waals surface area contributed by atoms with Crippen molar-refractivity contribution in [2.75, 3.05) is 12.5 Å².